The van der Waals surface area contributed by atoms with Crippen LogP contribution in [0.15, 0.2) is 48.5 Å². The average molecular weight is 317 g/mol. The van der Waals surface area contributed by atoms with E-state index in [1.807, 2.05) is 69.3 Å². The highest BCUT2D eigenvalue weighted by Crippen LogP contribution is 2.20. The highest BCUT2D eigenvalue weighted by Gasteiger charge is 2.18. The molecule has 0 heterocycles. The van der Waals surface area contributed by atoms with Crippen molar-refractivity contribution in [3.8, 4) is 0 Å². The van der Waals surface area contributed by atoms with Gasteiger partial charge in [0.05, 0.1) is 6.54 Å². The van der Waals surface area contributed by atoms with Crippen molar-refractivity contribution in [3.05, 3.63) is 59.1 Å². The van der Waals surface area contributed by atoms with Gasteiger partial charge in [-0.05, 0) is 50.6 Å². The van der Waals surface area contributed by atoms with Crippen LogP contribution in [0.5, 0.6) is 0 Å². The number of carbonyl (C=O) groups excluding carboxylic acids is 1. The first-order chi connectivity index (χ1) is 10.5. The molecular weight excluding hydrogens is 296 g/mol. The number of nitrogens with one attached hydrogen (secondary N) is 1. The Balaban J connectivity index is 2.07. The zero-order valence-corrected chi connectivity index (χ0v) is 13.9. The molecule has 116 valence electrons. The van der Waals surface area contributed by atoms with E-state index in [1.165, 1.54) is 0 Å². The molecule has 1 amide bonds. The van der Waals surface area contributed by atoms with Gasteiger partial charge >= 0.3 is 0 Å². The first-order valence-electron chi connectivity index (χ1n) is 7.36. The summed E-state index contributed by atoms with van der Waals surface area (Å²) < 4.78 is 0. The molecule has 0 aliphatic carbocycles. The molecule has 0 atom stereocenters. The number of carbonyl (C=O) groups is 1. The molecule has 2 aromatic carbocycles. The maximum Gasteiger partial charge on any atom is 0.246 e. The van der Waals surface area contributed by atoms with Crippen molar-refractivity contribution in [1.82, 2.24) is 0 Å². The number of amides is 1. The minimum Gasteiger partial charge on any atom is -0.376 e. The van der Waals surface area contributed by atoms with Gasteiger partial charge in [0, 0.05) is 22.4 Å². The van der Waals surface area contributed by atoms with E-state index in [4.69, 9.17) is 11.6 Å². The lowest BCUT2D eigenvalue weighted by molar-refractivity contribution is -0.117. The van der Waals surface area contributed by atoms with Gasteiger partial charge in [0.1, 0.15) is 0 Å². The van der Waals surface area contributed by atoms with Gasteiger partial charge in [-0.3, -0.25) is 4.79 Å². The lowest BCUT2D eigenvalue weighted by atomic mass is 10.2. The summed E-state index contributed by atoms with van der Waals surface area (Å²) in [5.74, 6) is 0.0258. The molecule has 0 aromatic heterocycles. The lowest BCUT2D eigenvalue weighted by Gasteiger charge is -2.27. The number of anilines is 2. The molecule has 1 N–H and O–H groups in total. The summed E-state index contributed by atoms with van der Waals surface area (Å²) in [5.41, 5.74) is 2.78. The molecular formula is C18H21ClN2O. The Bertz CT molecular complexity index is 641. The number of benzene rings is 2. The predicted octanol–water partition coefficient (Wildman–Crippen LogP) is 4.50. The van der Waals surface area contributed by atoms with E-state index in [2.05, 4.69) is 5.32 Å². The maximum atomic E-state index is 12.5. The van der Waals surface area contributed by atoms with E-state index in [0.717, 1.165) is 16.9 Å². The third-order valence-electron chi connectivity index (χ3n) is 3.44. The zero-order chi connectivity index (χ0) is 16.1. The summed E-state index contributed by atoms with van der Waals surface area (Å²) in [6, 6.07) is 15.5. The van der Waals surface area contributed by atoms with Crippen LogP contribution >= 0.6 is 11.6 Å². The topological polar surface area (TPSA) is 32.3 Å². The zero-order valence-electron chi connectivity index (χ0n) is 13.1. The number of hydrogen-bond donors (Lipinski definition) is 1. The van der Waals surface area contributed by atoms with Crippen LogP contribution < -0.4 is 10.2 Å². The first-order valence-corrected chi connectivity index (χ1v) is 7.74. The molecule has 22 heavy (non-hydrogen) atoms. The first kappa shape index (κ1) is 16.4. The third-order valence-corrected chi connectivity index (χ3v) is 3.84. The Hall–Kier alpha value is -2.00. The van der Waals surface area contributed by atoms with Crippen LogP contribution in [0, 0.1) is 6.92 Å². The van der Waals surface area contributed by atoms with Crippen LogP contribution in [0.1, 0.15) is 19.4 Å². The summed E-state index contributed by atoms with van der Waals surface area (Å²) in [6.45, 7) is 6.20. The number of halogens is 1. The Labute approximate surface area is 136 Å². The molecule has 0 saturated heterocycles. The highest BCUT2D eigenvalue weighted by atomic mass is 35.5. The number of para-hydroxylation sites is 1. The van der Waals surface area contributed by atoms with Crippen LogP contribution in [0.25, 0.3) is 0 Å². The van der Waals surface area contributed by atoms with Gasteiger partial charge in [-0.25, -0.2) is 0 Å². The summed E-state index contributed by atoms with van der Waals surface area (Å²) in [6.07, 6.45) is 0. The molecule has 0 fully saturated rings. The van der Waals surface area contributed by atoms with Crippen molar-refractivity contribution >= 4 is 28.9 Å². The van der Waals surface area contributed by atoms with Gasteiger partial charge in [-0.1, -0.05) is 35.9 Å². The smallest absolute Gasteiger partial charge is 0.246 e. The SMILES string of the molecule is Cc1ccc(NCC(=O)N(c2ccccc2)C(C)C)cc1Cl. The normalized spacial score (nSPS) is 10.6. The van der Waals surface area contributed by atoms with Crippen molar-refractivity contribution < 1.29 is 4.79 Å². The molecule has 0 radical (unpaired) electrons. The molecule has 0 aliphatic rings. The largest absolute Gasteiger partial charge is 0.376 e. The second-order valence-electron chi connectivity index (χ2n) is 5.51. The molecule has 0 saturated carbocycles. The molecule has 0 unspecified atom stereocenters. The maximum absolute atomic E-state index is 12.5. The summed E-state index contributed by atoms with van der Waals surface area (Å²) >= 11 is 6.10. The molecule has 4 heteroatoms. The van der Waals surface area contributed by atoms with Crippen molar-refractivity contribution in [3.63, 3.8) is 0 Å². The minimum atomic E-state index is 0.0258. The van der Waals surface area contributed by atoms with Crippen molar-refractivity contribution in [1.29, 1.82) is 0 Å². The van der Waals surface area contributed by atoms with Gasteiger partial charge in [0.2, 0.25) is 5.91 Å². The Morgan fingerprint density at radius 2 is 1.86 bits per heavy atom. The van der Waals surface area contributed by atoms with Crippen molar-refractivity contribution in [2.24, 2.45) is 0 Å². The van der Waals surface area contributed by atoms with Crippen LogP contribution in [-0.4, -0.2) is 18.5 Å². The number of rotatable bonds is 5. The third kappa shape index (κ3) is 4.01. The number of hydrogen-bond acceptors (Lipinski definition) is 2. The van der Waals surface area contributed by atoms with Crippen LogP contribution in [0.4, 0.5) is 11.4 Å². The molecule has 2 aromatic rings. The second-order valence-corrected chi connectivity index (χ2v) is 5.92. The van der Waals surface area contributed by atoms with Crippen LogP contribution in [0.2, 0.25) is 5.02 Å². The van der Waals surface area contributed by atoms with E-state index >= 15 is 0 Å². The van der Waals surface area contributed by atoms with E-state index < -0.39 is 0 Å². The fraction of sp³-hybridized carbons (Fsp3) is 0.278. The van der Waals surface area contributed by atoms with Crippen molar-refractivity contribution in [2.45, 2.75) is 26.8 Å². The van der Waals surface area contributed by atoms with Gasteiger partial charge in [0.25, 0.3) is 0 Å². The number of aryl methyl sites for hydroxylation is 1. The summed E-state index contributed by atoms with van der Waals surface area (Å²) in [5, 5.41) is 3.84. The Morgan fingerprint density at radius 3 is 2.45 bits per heavy atom. The van der Waals surface area contributed by atoms with Crippen LogP contribution in [-0.2, 0) is 4.79 Å². The van der Waals surface area contributed by atoms with Crippen molar-refractivity contribution in [2.75, 3.05) is 16.8 Å². The average Bonchev–Trinajstić information content (AvgIpc) is 2.49. The Kier molecular flexibility index (Phi) is 5.45. The molecule has 0 spiro atoms. The summed E-state index contributed by atoms with van der Waals surface area (Å²) in [7, 11) is 0. The molecule has 0 bridgehead atoms. The minimum absolute atomic E-state index is 0.0258. The number of nitrogens with zero attached hydrogens (tertiary/aromatic N) is 1. The van der Waals surface area contributed by atoms with E-state index in [-0.39, 0.29) is 18.5 Å². The van der Waals surface area contributed by atoms with Gasteiger partial charge < -0.3 is 10.2 Å². The second kappa shape index (κ2) is 7.32. The van der Waals surface area contributed by atoms with Gasteiger partial charge in [-0.15, -0.1) is 0 Å². The van der Waals surface area contributed by atoms with E-state index in [1.54, 1.807) is 4.90 Å². The van der Waals surface area contributed by atoms with Gasteiger partial charge in [0.15, 0.2) is 0 Å². The van der Waals surface area contributed by atoms with Gasteiger partial charge in [-0.2, -0.15) is 0 Å². The molecule has 0 aliphatic heterocycles. The van der Waals surface area contributed by atoms with Crippen LogP contribution in [0.3, 0.4) is 0 Å². The summed E-state index contributed by atoms with van der Waals surface area (Å²) in [4.78, 5) is 14.3. The fourth-order valence-corrected chi connectivity index (χ4v) is 2.46. The monoisotopic (exact) mass is 316 g/mol. The van der Waals surface area contributed by atoms with E-state index in [9.17, 15) is 4.79 Å². The lowest BCUT2D eigenvalue weighted by Crippen LogP contribution is -2.40. The Morgan fingerprint density at radius 1 is 1.18 bits per heavy atom. The molecule has 2 rings (SSSR count). The molecule has 3 nitrogen and oxygen atoms in total. The standard InChI is InChI=1S/C18H21ClN2O/c1-13(2)21(16-7-5-4-6-8-16)18(22)12-20-15-10-9-14(3)17(19)11-15/h4-11,13,20H,12H2,1-3H3. The highest BCUT2D eigenvalue weighted by molar-refractivity contribution is 6.31. The predicted molar refractivity (Wildman–Crippen MR) is 93.7 cm³/mol. The fourth-order valence-electron chi connectivity index (χ4n) is 2.28. The quantitative estimate of drug-likeness (QED) is 0.880. The van der Waals surface area contributed by atoms with E-state index in [0.29, 0.717) is 5.02 Å².